The standard InChI is InChI=1S/C19H20N2O8/c1-11(29-19(23)14-7-6-13(26-2)10-17(14)28-4)18(22)20-15-9-12(21(24)25)5-8-16(15)27-3/h5-11H,1-4H3,(H,20,22)/t11-/m0/s1. The normalized spacial score (nSPS) is 11.2. The highest BCUT2D eigenvalue weighted by molar-refractivity contribution is 5.99. The van der Waals surface area contributed by atoms with Crippen molar-refractivity contribution < 1.29 is 33.5 Å². The number of carbonyl (C=O) groups is 2. The summed E-state index contributed by atoms with van der Waals surface area (Å²) >= 11 is 0. The van der Waals surface area contributed by atoms with Gasteiger partial charge in [-0.3, -0.25) is 14.9 Å². The quantitative estimate of drug-likeness (QED) is 0.404. The molecule has 2 aromatic rings. The predicted molar refractivity (Wildman–Crippen MR) is 103 cm³/mol. The molecule has 154 valence electrons. The molecule has 0 spiro atoms. The van der Waals surface area contributed by atoms with Gasteiger partial charge in [0.1, 0.15) is 22.8 Å². The largest absolute Gasteiger partial charge is 0.497 e. The van der Waals surface area contributed by atoms with Gasteiger partial charge in [-0.1, -0.05) is 0 Å². The molecular weight excluding hydrogens is 384 g/mol. The lowest BCUT2D eigenvalue weighted by Crippen LogP contribution is -2.30. The molecule has 2 rings (SSSR count). The molecule has 0 bridgehead atoms. The van der Waals surface area contributed by atoms with Gasteiger partial charge in [-0.05, 0) is 25.1 Å². The van der Waals surface area contributed by atoms with E-state index in [-0.39, 0.29) is 28.4 Å². The summed E-state index contributed by atoms with van der Waals surface area (Å²) in [7, 11) is 4.22. The number of esters is 1. The van der Waals surface area contributed by atoms with E-state index in [9.17, 15) is 19.7 Å². The fourth-order valence-corrected chi connectivity index (χ4v) is 2.39. The molecule has 0 aromatic heterocycles. The minimum atomic E-state index is -1.20. The van der Waals surface area contributed by atoms with Gasteiger partial charge in [0.05, 0.1) is 31.9 Å². The summed E-state index contributed by atoms with van der Waals surface area (Å²) in [4.78, 5) is 35.2. The van der Waals surface area contributed by atoms with E-state index in [2.05, 4.69) is 5.32 Å². The first-order valence-electron chi connectivity index (χ1n) is 8.37. The summed E-state index contributed by atoms with van der Waals surface area (Å²) in [5, 5.41) is 13.4. The van der Waals surface area contributed by atoms with Crippen molar-refractivity contribution >= 4 is 23.3 Å². The average molecular weight is 404 g/mol. The van der Waals surface area contributed by atoms with Crippen LogP contribution in [0.5, 0.6) is 17.2 Å². The predicted octanol–water partition coefficient (Wildman–Crippen LogP) is 2.80. The van der Waals surface area contributed by atoms with E-state index >= 15 is 0 Å². The summed E-state index contributed by atoms with van der Waals surface area (Å²) in [5.74, 6) is -0.536. The zero-order valence-electron chi connectivity index (χ0n) is 16.3. The maximum absolute atomic E-state index is 12.4. The van der Waals surface area contributed by atoms with E-state index in [0.29, 0.717) is 5.75 Å². The summed E-state index contributed by atoms with van der Waals surface area (Å²) < 4.78 is 20.5. The van der Waals surface area contributed by atoms with Crippen molar-refractivity contribution in [1.82, 2.24) is 0 Å². The summed E-state index contributed by atoms with van der Waals surface area (Å²) in [5.41, 5.74) is -0.0359. The molecule has 1 N–H and O–H groups in total. The lowest BCUT2D eigenvalue weighted by molar-refractivity contribution is -0.384. The number of hydrogen-bond acceptors (Lipinski definition) is 8. The van der Waals surface area contributed by atoms with Gasteiger partial charge in [-0.2, -0.15) is 0 Å². The van der Waals surface area contributed by atoms with Crippen molar-refractivity contribution in [3.63, 3.8) is 0 Å². The number of nitro groups is 1. The smallest absolute Gasteiger partial charge is 0.342 e. The van der Waals surface area contributed by atoms with E-state index in [1.165, 1.54) is 52.5 Å². The van der Waals surface area contributed by atoms with Crippen LogP contribution in [0.15, 0.2) is 36.4 Å². The van der Waals surface area contributed by atoms with Crippen LogP contribution in [-0.4, -0.2) is 44.2 Å². The molecule has 0 saturated heterocycles. The third-order valence-corrected chi connectivity index (χ3v) is 3.93. The maximum atomic E-state index is 12.4. The minimum absolute atomic E-state index is 0.0802. The number of benzene rings is 2. The molecule has 0 aliphatic carbocycles. The minimum Gasteiger partial charge on any atom is -0.497 e. The van der Waals surface area contributed by atoms with Crippen molar-refractivity contribution in [3.05, 3.63) is 52.1 Å². The van der Waals surface area contributed by atoms with Crippen LogP contribution >= 0.6 is 0 Å². The van der Waals surface area contributed by atoms with Gasteiger partial charge in [-0.15, -0.1) is 0 Å². The molecule has 1 amide bonds. The second-order valence-corrected chi connectivity index (χ2v) is 5.74. The third kappa shape index (κ3) is 5.12. The van der Waals surface area contributed by atoms with Crippen molar-refractivity contribution in [2.24, 2.45) is 0 Å². The highest BCUT2D eigenvalue weighted by Gasteiger charge is 2.23. The van der Waals surface area contributed by atoms with E-state index in [0.717, 1.165) is 6.07 Å². The van der Waals surface area contributed by atoms with Crippen molar-refractivity contribution in [2.75, 3.05) is 26.6 Å². The molecule has 10 nitrogen and oxygen atoms in total. The molecule has 0 saturated carbocycles. The van der Waals surface area contributed by atoms with Crippen molar-refractivity contribution in [3.8, 4) is 17.2 Å². The summed E-state index contributed by atoms with van der Waals surface area (Å²) in [6.45, 7) is 1.37. The Morgan fingerprint density at radius 2 is 1.69 bits per heavy atom. The van der Waals surface area contributed by atoms with Crippen LogP contribution in [0.25, 0.3) is 0 Å². The number of methoxy groups -OCH3 is 3. The SMILES string of the molecule is COc1ccc(C(=O)O[C@@H](C)C(=O)Nc2cc([N+](=O)[O-])ccc2OC)c(OC)c1. The number of amides is 1. The Bertz CT molecular complexity index is 928. The Kier molecular flexibility index (Phi) is 6.96. The molecular formula is C19H20N2O8. The zero-order chi connectivity index (χ0) is 21.6. The highest BCUT2D eigenvalue weighted by atomic mass is 16.6. The average Bonchev–Trinajstić information content (AvgIpc) is 2.72. The Morgan fingerprint density at radius 3 is 2.28 bits per heavy atom. The molecule has 0 unspecified atom stereocenters. The second kappa shape index (κ2) is 9.40. The molecule has 0 fully saturated rings. The van der Waals surface area contributed by atoms with E-state index < -0.39 is 22.9 Å². The zero-order valence-corrected chi connectivity index (χ0v) is 16.3. The van der Waals surface area contributed by atoms with Gasteiger partial charge in [0.2, 0.25) is 0 Å². The van der Waals surface area contributed by atoms with Gasteiger partial charge >= 0.3 is 5.97 Å². The van der Waals surface area contributed by atoms with Gasteiger partial charge in [0.25, 0.3) is 11.6 Å². The maximum Gasteiger partial charge on any atom is 0.342 e. The third-order valence-electron chi connectivity index (χ3n) is 3.93. The van der Waals surface area contributed by atoms with E-state index in [1.807, 2.05) is 0 Å². The highest BCUT2D eigenvalue weighted by Crippen LogP contribution is 2.29. The van der Waals surface area contributed by atoms with Gasteiger partial charge in [0, 0.05) is 18.2 Å². The van der Waals surface area contributed by atoms with Crippen LogP contribution in [-0.2, 0) is 9.53 Å². The Labute approximate surface area is 166 Å². The van der Waals surface area contributed by atoms with Crippen LogP contribution < -0.4 is 19.5 Å². The van der Waals surface area contributed by atoms with Crippen LogP contribution in [0, 0.1) is 10.1 Å². The summed E-state index contributed by atoms with van der Waals surface area (Å²) in [6, 6.07) is 8.26. The lowest BCUT2D eigenvalue weighted by Gasteiger charge is -2.16. The van der Waals surface area contributed by atoms with E-state index in [1.54, 1.807) is 6.07 Å². The number of hydrogen-bond donors (Lipinski definition) is 1. The fraction of sp³-hybridized carbons (Fsp3) is 0.263. The Hall–Kier alpha value is -3.82. The molecule has 0 heterocycles. The van der Waals surface area contributed by atoms with Crippen LogP contribution in [0.1, 0.15) is 17.3 Å². The number of rotatable bonds is 8. The second-order valence-electron chi connectivity index (χ2n) is 5.74. The molecule has 1 atom stereocenters. The number of carbonyl (C=O) groups excluding carboxylic acids is 2. The van der Waals surface area contributed by atoms with Crippen LogP contribution in [0.4, 0.5) is 11.4 Å². The van der Waals surface area contributed by atoms with Crippen molar-refractivity contribution in [2.45, 2.75) is 13.0 Å². The molecule has 0 radical (unpaired) electrons. The van der Waals surface area contributed by atoms with Crippen LogP contribution in [0.3, 0.4) is 0 Å². The topological polar surface area (TPSA) is 126 Å². The van der Waals surface area contributed by atoms with Crippen LogP contribution in [0.2, 0.25) is 0 Å². The van der Waals surface area contributed by atoms with Gasteiger partial charge in [-0.25, -0.2) is 4.79 Å². The Morgan fingerprint density at radius 1 is 1.00 bits per heavy atom. The van der Waals surface area contributed by atoms with Gasteiger partial charge < -0.3 is 24.3 Å². The number of non-ortho nitro benzene ring substituents is 1. The number of nitro benzene ring substituents is 1. The monoisotopic (exact) mass is 404 g/mol. The molecule has 29 heavy (non-hydrogen) atoms. The van der Waals surface area contributed by atoms with E-state index in [4.69, 9.17) is 18.9 Å². The molecule has 2 aromatic carbocycles. The molecule has 0 aliphatic rings. The fourth-order valence-electron chi connectivity index (χ4n) is 2.39. The Balaban J connectivity index is 2.14. The number of ether oxygens (including phenoxy) is 4. The number of nitrogens with zero attached hydrogens (tertiary/aromatic N) is 1. The number of nitrogens with one attached hydrogen (secondary N) is 1. The summed E-state index contributed by atoms with van der Waals surface area (Å²) in [6.07, 6.45) is -1.20. The first-order valence-corrected chi connectivity index (χ1v) is 8.37. The first-order chi connectivity index (χ1) is 13.8. The van der Waals surface area contributed by atoms with Crippen molar-refractivity contribution in [1.29, 1.82) is 0 Å². The first kappa shape index (κ1) is 21.5. The van der Waals surface area contributed by atoms with Gasteiger partial charge in [0.15, 0.2) is 6.10 Å². The molecule has 10 heteroatoms. The lowest BCUT2D eigenvalue weighted by atomic mass is 10.2. The molecule has 0 aliphatic heterocycles. The number of anilines is 1.